The molecule has 1 N–H and O–H groups in total. The van der Waals surface area contributed by atoms with Gasteiger partial charge in [-0.25, -0.2) is 0 Å². The Morgan fingerprint density at radius 3 is 2.09 bits per heavy atom. The van der Waals surface area contributed by atoms with E-state index in [1.807, 2.05) is 6.08 Å². The van der Waals surface area contributed by atoms with Gasteiger partial charge >= 0.3 is 5.97 Å². The Hall–Kier alpha value is -1.45. The van der Waals surface area contributed by atoms with Crippen molar-refractivity contribution in [3.05, 3.63) is 12.2 Å². The fraction of sp³-hybridized carbons (Fsp3) is 0.722. The van der Waals surface area contributed by atoms with E-state index in [2.05, 4.69) is 6.92 Å². The molecule has 0 aromatic carbocycles. The van der Waals surface area contributed by atoms with Crippen molar-refractivity contribution in [1.29, 1.82) is 0 Å². The lowest BCUT2D eigenvalue weighted by molar-refractivity contribution is -0.137. The van der Waals surface area contributed by atoms with Crippen LogP contribution in [0.1, 0.15) is 84.0 Å². The van der Waals surface area contributed by atoms with Crippen molar-refractivity contribution in [2.75, 3.05) is 0 Å². The van der Waals surface area contributed by atoms with Gasteiger partial charge in [-0.1, -0.05) is 32.3 Å². The molecular formula is C18H30O4. The van der Waals surface area contributed by atoms with Crippen LogP contribution in [0.15, 0.2) is 12.2 Å². The van der Waals surface area contributed by atoms with Crippen LogP contribution in [0.3, 0.4) is 0 Å². The first kappa shape index (κ1) is 20.6. The summed E-state index contributed by atoms with van der Waals surface area (Å²) >= 11 is 0. The molecule has 4 heteroatoms. The second-order valence-corrected chi connectivity index (χ2v) is 5.71. The van der Waals surface area contributed by atoms with Crippen molar-refractivity contribution >= 4 is 17.5 Å². The number of carboxylic acid groups (broad SMARTS) is 1. The molecule has 0 aliphatic heterocycles. The summed E-state index contributed by atoms with van der Waals surface area (Å²) in [6.07, 6.45) is 12.4. The van der Waals surface area contributed by atoms with Crippen LogP contribution >= 0.6 is 0 Å². The van der Waals surface area contributed by atoms with Gasteiger partial charge in [0, 0.05) is 25.7 Å². The van der Waals surface area contributed by atoms with Crippen LogP contribution in [0.25, 0.3) is 0 Å². The predicted octanol–water partition coefficient (Wildman–Crippen LogP) is 4.47. The fourth-order valence-corrected chi connectivity index (χ4v) is 2.14. The zero-order valence-corrected chi connectivity index (χ0v) is 13.8. The average Bonchev–Trinajstić information content (AvgIpc) is 2.48. The molecule has 0 saturated carbocycles. The molecule has 126 valence electrons. The third kappa shape index (κ3) is 14.9. The number of carbonyl (C=O) groups is 3. The number of unbranched alkanes of at least 4 members (excludes halogenated alkanes) is 5. The van der Waals surface area contributed by atoms with Crippen LogP contribution in [0.2, 0.25) is 0 Å². The molecule has 0 aliphatic carbocycles. The van der Waals surface area contributed by atoms with E-state index in [0.29, 0.717) is 31.5 Å². The van der Waals surface area contributed by atoms with Gasteiger partial charge in [0.2, 0.25) is 0 Å². The van der Waals surface area contributed by atoms with Gasteiger partial charge < -0.3 is 5.11 Å². The van der Waals surface area contributed by atoms with E-state index in [0.717, 1.165) is 44.9 Å². The summed E-state index contributed by atoms with van der Waals surface area (Å²) in [5.41, 5.74) is 0. The highest BCUT2D eigenvalue weighted by atomic mass is 16.4. The number of Topliss-reactive ketones (excluding diaryl/α,β-unsaturated/α-hetero) is 1. The zero-order chi connectivity index (χ0) is 16.6. The molecule has 22 heavy (non-hydrogen) atoms. The Morgan fingerprint density at radius 1 is 0.818 bits per heavy atom. The third-order valence-corrected chi connectivity index (χ3v) is 3.50. The number of hydrogen-bond acceptors (Lipinski definition) is 3. The molecule has 4 nitrogen and oxygen atoms in total. The second-order valence-electron chi connectivity index (χ2n) is 5.71. The summed E-state index contributed by atoms with van der Waals surface area (Å²) in [5.74, 6) is -0.314. The molecule has 0 spiro atoms. The summed E-state index contributed by atoms with van der Waals surface area (Å²) in [4.78, 5) is 33.3. The maximum absolute atomic E-state index is 11.6. The number of hydrogen-bond donors (Lipinski definition) is 1. The van der Waals surface area contributed by atoms with Gasteiger partial charge in [0.25, 0.3) is 0 Å². The van der Waals surface area contributed by atoms with Gasteiger partial charge in [-0.05, 0) is 38.2 Å². The lowest BCUT2D eigenvalue weighted by Crippen LogP contribution is -1.97. The van der Waals surface area contributed by atoms with Crippen molar-refractivity contribution in [1.82, 2.24) is 0 Å². The molecule has 0 unspecified atom stereocenters. The largest absolute Gasteiger partial charge is 0.481 e. The minimum absolute atomic E-state index is 0.121. The van der Waals surface area contributed by atoms with Gasteiger partial charge in [0.1, 0.15) is 5.78 Å². The number of carbonyl (C=O) groups excluding carboxylic acids is 2. The van der Waals surface area contributed by atoms with E-state index in [-0.39, 0.29) is 12.2 Å². The van der Waals surface area contributed by atoms with Crippen molar-refractivity contribution < 1.29 is 19.5 Å². The average molecular weight is 310 g/mol. The minimum atomic E-state index is -0.757. The van der Waals surface area contributed by atoms with Gasteiger partial charge in [0.15, 0.2) is 5.78 Å². The highest BCUT2D eigenvalue weighted by Crippen LogP contribution is 2.07. The van der Waals surface area contributed by atoms with Crippen LogP contribution in [0.4, 0.5) is 0 Å². The van der Waals surface area contributed by atoms with Crippen LogP contribution in [0, 0.1) is 0 Å². The summed E-state index contributed by atoms with van der Waals surface area (Å²) < 4.78 is 0. The number of aliphatic carboxylic acids is 1. The van der Waals surface area contributed by atoms with Crippen molar-refractivity contribution in [2.45, 2.75) is 84.0 Å². The topological polar surface area (TPSA) is 71.4 Å². The number of carboxylic acids is 1. The maximum atomic E-state index is 11.6. The number of rotatable bonds is 15. The van der Waals surface area contributed by atoms with E-state index < -0.39 is 5.97 Å². The minimum Gasteiger partial charge on any atom is -0.481 e. The molecule has 0 amide bonds. The Labute approximate surface area is 134 Å². The van der Waals surface area contributed by atoms with E-state index >= 15 is 0 Å². The standard InChI is InChI=1S/C18H30O4/c1-2-3-11-16(19)13-8-6-9-14-17(20)12-7-4-5-10-15-18(21)22/h9,14H,2-8,10-13,15H2,1H3,(H,21,22). The van der Waals surface area contributed by atoms with E-state index in [4.69, 9.17) is 5.11 Å². The number of ketones is 2. The molecule has 0 saturated heterocycles. The summed E-state index contributed by atoms with van der Waals surface area (Å²) in [6.45, 7) is 2.08. The lowest BCUT2D eigenvalue weighted by Gasteiger charge is -1.99. The predicted molar refractivity (Wildman–Crippen MR) is 87.9 cm³/mol. The normalized spacial score (nSPS) is 11.0. The molecule has 0 aromatic heterocycles. The quantitative estimate of drug-likeness (QED) is 0.358. The molecule has 0 bridgehead atoms. The maximum Gasteiger partial charge on any atom is 0.303 e. The SMILES string of the molecule is CCCCC(=O)CCCC=CC(=O)CCCCCCC(=O)O. The number of allylic oxidation sites excluding steroid dienone is 2. The zero-order valence-electron chi connectivity index (χ0n) is 13.8. The molecule has 0 radical (unpaired) electrons. The van der Waals surface area contributed by atoms with E-state index in [1.54, 1.807) is 6.08 Å². The highest BCUT2D eigenvalue weighted by molar-refractivity contribution is 5.89. The molecule has 0 heterocycles. The van der Waals surface area contributed by atoms with Crippen LogP contribution in [-0.4, -0.2) is 22.6 Å². The van der Waals surface area contributed by atoms with Gasteiger partial charge in [-0.15, -0.1) is 0 Å². The summed E-state index contributed by atoms with van der Waals surface area (Å²) in [6, 6.07) is 0. The van der Waals surface area contributed by atoms with Crippen LogP contribution in [-0.2, 0) is 14.4 Å². The summed E-state index contributed by atoms with van der Waals surface area (Å²) in [5, 5.41) is 8.49. The van der Waals surface area contributed by atoms with Crippen LogP contribution in [0.5, 0.6) is 0 Å². The Balaban J connectivity index is 3.47. The first-order valence-corrected chi connectivity index (χ1v) is 8.49. The van der Waals surface area contributed by atoms with Crippen molar-refractivity contribution in [3.63, 3.8) is 0 Å². The van der Waals surface area contributed by atoms with Gasteiger partial charge in [-0.3, -0.25) is 14.4 Å². The van der Waals surface area contributed by atoms with Gasteiger partial charge in [0.05, 0.1) is 0 Å². The van der Waals surface area contributed by atoms with Crippen molar-refractivity contribution in [2.24, 2.45) is 0 Å². The van der Waals surface area contributed by atoms with Crippen LogP contribution < -0.4 is 0 Å². The highest BCUT2D eigenvalue weighted by Gasteiger charge is 2.01. The Kier molecular flexibility index (Phi) is 13.5. The lowest BCUT2D eigenvalue weighted by atomic mass is 10.1. The molecule has 0 atom stereocenters. The molecule has 0 aliphatic rings. The molecule has 0 aromatic rings. The summed E-state index contributed by atoms with van der Waals surface area (Å²) in [7, 11) is 0. The van der Waals surface area contributed by atoms with Crippen molar-refractivity contribution in [3.8, 4) is 0 Å². The Bertz CT molecular complexity index is 358. The third-order valence-electron chi connectivity index (χ3n) is 3.50. The Morgan fingerprint density at radius 2 is 1.45 bits per heavy atom. The molecule has 0 fully saturated rings. The smallest absolute Gasteiger partial charge is 0.303 e. The molecule has 0 rings (SSSR count). The molecular weight excluding hydrogens is 280 g/mol. The fourth-order valence-electron chi connectivity index (χ4n) is 2.14. The first-order chi connectivity index (χ1) is 10.6. The van der Waals surface area contributed by atoms with E-state index in [1.165, 1.54) is 0 Å². The second kappa shape index (κ2) is 14.5. The first-order valence-electron chi connectivity index (χ1n) is 8.49. The van der Waals surface area contributed by atoms with Gasteiger partial charge in [-0.2, -0.15) is 0 Å². The van der Waals surface area contributed by atoms with E-state index in [9.17, 15) is 14.4 Å². The monoisotopic (exact) mass is 310 g/mol.